The summed E-state index contributed by atoms with van der Waals surface area (Å²) in [4.78, 5) is 43.5. The molecule has 0 aliphatic carbocycles. The fourth-order valence-corrected chi connectivity index (χ4v) is 25.0. The normalized spacial score (nSPS) is 12.0. The number of pyridine rings is 3. The van der Waals surface area contributed by atoms with Gasteiger partial charge >= 0.3 is 0 Å². The van der Waals surface area contributed by atoms with Crippen molar-refractivity contribution in [1.29, 1.82) is 0 Å². The van der Waals surface area contributed by atoms with Crippen LogP contribution < -0.4 is 47.7 Å². The molecule has 0 saturated heterocycles. The lowest BCUT2D eigenvalue weighted by Gasteiger charge is -2.19. The Morgan fingerprint density at radius 2 is 0.423 bits per heavy atom. The number of hydrogen-bond donors (Lipinski definition) is 0. The summed E-state index contributed by atoms with van der Waals surface area (Å²) < 4.78 is 50.8. The third-order valence-electron chi connectivity index (χ3n) is 23.3. The van der Waals surface area contributed by atoms with Gasteiger partial charge in [-0.2, -0.15) is 0 Å². The second-order valence-corrected chi connectivity index (χ2v) is 38.6. The van der Waals surface area contributed by atoms with Crippen LogP contribution in [0.1, 0.15) is 0 Å². The molecule has 24 rings (SSSR count). The summed E-state index contributed by atoms with van der Waals surface area (Å²) >= 11 is 0. The molecule has 15 aromatic carbocycles. The molecule has 0 radical (unpaired) electrons. The Labute approximate surface area is 704 Å². The van der Waals surface area contributed by atoms with Gasteiger partial charge in [0.2, 0.25) is 0 Å². The standard InChI is InChI=1S/3C35H23N4OP/c40-41(25-11-3-1-4-12-25,26-13-5-2-6-14-26)27-22-36-34(37-23-27)24-19-20-29-30(21-24)28-15-7-9-17-32(28)39-33-18-10-8-16-31(33)38-35(29)39;40-41(25-11-3-1-4-12-25,26-13-5-2-6-14-26)27-22-36-34(37-23-27)24-19-20-29-28-15-7-8-16-30(28)35-38-31-17-9-10-18-32(31)39(35)33(29)21-24;40-41(25-11-3-1-4-12-25,26-13-5-2-6-14-26)27-22-36-34(37-23-27)24-19-20-32-30(21-24)28-15-7-8-16-29(28)35-38-31-17-9-10-18-33(31)39(32)35/h3*1-23H. The molecule has 582 valence electrons. The summed E-state index contributed by atoms with van der Waals surface area (Å²) in [6.45, 7) is 0. The van der Waals surface area contributed by atoms with Crippen molar-refractivity contribution < 1.29 is 13.7 Å². The van der Waals surface area contributed by atoms with Gasteiger partial charge in [0.1, 0.15) is 16.9 Å². The summed E-state index contributed by atoms with van der Waals surface area (Å²) in [5.74, 6) is 1.75. The van der Waals surface area contributed by atoms with Crippen molar-refractivity contribution in [3.8, 4) is 34.2 Å². The zero-order chi connectivity index (χ0) is 82.2. The first-order chi connectivity index (χ1) is 60.6. The topological polar surface area (TPSA) is 180 Å². The van der Waals surface area contributed by atoms with Crippen LogP contribution in [0.15, 0.2) is 419 Å². The van der Waals surface area contributed by atoms with Gasteiger partial charge in [0.05, 0.1) is 65.6 Å². The Bertz CT molecular complexity index is 8270. The molecule has 0 atom stereocenters. The molecule has 0 saturated carbocycles. The molecule has 0 amide bonds. The van der Waals surface area contributed by atoms with Gasteiger partial charge in [0, 0.05) is 118 Å². The summed E-state index contributed by atoms with van der Waals surface area (Å²) in [6.07, 6.45) is 10.3. The van der Waals surface area contributed by atoms with E-state index in [-0.39, 0.29) is 0 Å². The highest BCUT2D eigenvalue weighted by molar-refractivity contribution is 7.86. The van der Waals surface area contributed by atoms with Crippen LogP contribution in [-0.4, -0.2) is 58.1 Å². The van der Waals surface area contributed by atoms with Crippen molar-refractivity contribution in [2.24, 2.45) is 0 Å². The SMILES string of the molecule is O=P(c1ccccc1)(c1ccccc1)c1cnc(-c2ccc3c(c2)c2ccccc2c2nc4ccccc4n32)nc1.O=P(c1ccccc1)(c1ccccc1)c1cnc(-c2ccc3c(c2)c2ccccc2n2c4ccccc4nc32)nc1.O=P(c1ccccc1)(c1ccccc1)c1cnc(-c2ccc3c4ccccc4c4nc5ccccc5n4c3c2)nc1. The van der Waals surface area contributed by atoms with Gasteiger partial charge in [-0.1, -0.05) is 303 Å². The summed E-state index contributed by atoms with van der Waals surface area (Å²) in [6, 6.07) is 126. The molecule has 9 aromatic heterocycles. The minimum atomic E-state index is -3.14. The van der Waals surface area contributed by atoms with Crippen molar-refractivity contribution >= 4 is 184 Å². The predicted octanol–water partition coefficient (Wildman–Crippen LogP) is 20.7. The van der Waals surface area contributed by atoms with Crippen molar-refractivity contribution in [3.05, 3.63) is 419 Å². The van der Waals surface area contributed by atoms with Gasteiger partial charge < -0.3 is 13.7 Å². The Balaban J connectivity index is 0.000000110. The van der Waals surface area contributed by atoms with Gasteiger partial charge in [-0.05, 0) is 95.0 Å². The fourth-order valence-electron chi connectivity index (χ4n) is 17.4. The lowest BCUT2D eigenvalue weighted by atomic mass is 10.0. The first-order valence-corrected chi connectivity index (χ1v) is 45.5. The highest BCUT2D eigenvalue weighted by Crippen LogP contribution is 2.46. The zero-order valence-corrected chi connectivity index (χ0v) is 68.5. The Kier molecular flexibility index (Phi) is 18.3. The average Bonchev–Trinajstić information content (AvgIpc) is 1.56. The van der Waals surface area contributed by atoms with E-state index in [1.54, 1.807) is 37.2 Å². The number of fused-ring (bicyclic) bond motifs is 24. The van der Waals surface area contributed by atoms with E-state index in [2.05, 4.69) is 159 Å². The number of nitrogens with zero attached hydrogens (tertiary/aromatic N) is 12. The van der Waals surface area contributed by atoms with E-state index in [4.69, 9.17) is 44.9 Å². The molecule has 0 aliphatic heterocycles. The van der Waals surface area contributed by atoms with E-state index in [0.717, 1.165) is 164 Å². The molecule has 0 unspecified atom stereocenters. The summed E-state index contributed by atoms with van der Waals surface area (Å²) in [7, 11) is -9.42. The van der Waals surface area contributed by atoms with E-state index < -0.39 is 21.4 Å². The van der Waals surface area contributed by atoms with E-state index in [1.165, 1.54) is 0 Å². The maximum Gasteiger partial charge on any atom is 0.174 e. The third-order valence-corrected chi connectivity index (χ3v) is 32.3. The quantitative estimate of drug-likeness (QED) is 0.0835. The zero-order valence-electron chi connectivity index (χ0n) is 65.8. The molecule has 0 fully saturated rings. The molecular formula is C105H69N12O3P3. The molecule has 0 N–H and O–H groups in total. The smallest absolute Gasteiger partial charge is 0.174 e. The minimum absolute atomic E-state index is 0.578. The summed E-state index contributed by atoms with van der Waals surface area (Å²) in [5, 5.41) is 16.4. The second-order valence-electron chi connectivity index (χ2n) is 30.2. The number of rotatable bonds is 12. The Morgan fingerprint density at radius 1 is 0.179 bits per heavy atom. The molecular weight excluding hydrogens is 1570 g/mol. The van der Waals surface area contributed by atoms with Crippen molar-refractivity contribution in [2.75, 3.05) is 0 Å². The fraction of sp³-hybridized carbons (Fsp3) is 0. The molecule has 15 nitrogen and oxygen atoms in total. The molecule has 0 aliphatic rings. The number of para-hydroxylation sites is 7. The van der Waals surface area contributed by atoms with Crippen LogP contribution in [0, 0.1) is 0 Å². The van der Waals surface area contributed by atoms with Crippen LogP contribution in [-0.2, 0) is 13.7 Å². The molecule has 123 heavy (non-hydrogen) atoms. The van der Waals surface area contributed by atoms with E-state index in [1.807, 2.05) is 237 Å². The summed E-state index contributed by atoms with van der Waals surface area (Å²) in [5.41, 5.74) is 14.8. The maximum atomic E-state index is 14.7. The lowest BCUT2D eigenvalue weighted by Crippen LogP contribution is -2.25. The van der Waals surface area contributed by atoms with Crippen LogP contribution in [0.4, 0.5) is 0 Å². The van der Waals surface area contributed by atoms with Gasteiger partial charge in [-0.25, -0.2) is 44.9 Å². The largest absolute Gasteiger partial charge is 0.309 e. The molecule has 24 aromatic rings. The molecule has 9 heterocycles. The van der Waals surface area contributed by atoms with Crippen LogP contribution in [0.2, 0.25) is 0 Å². The Morgan fingerprint density at radius 3 is 0.789 bits per heavy atom. The second kappa shape index (κ2) is 30.5. The van der Waals surface area contributed by atoms with Gasteiger partial charge in [0.15, 0.2) is 38.9 Å². The lowest BCUT2D eigenvalue weighted by molar-refractivity contribution is 0.591. The highest BCUT2D eigenvalue weighted by Gasteiger charge is 2.34. The Hall–Kier alpha value is -15.4. The van der Waals surface area contributed by atoms with Crippen molar-refractivity contribution in [2.45, 2.75) is 0 Å². The molecule has 0 spiro atoms. The number of imidazole rings is 3. The predicted molar refractivity (Wildman–Crippen MR) is 504 cm³/mol. The highest BCUT2D eigenvalue weighted by atomic mass is 31.2. The average molecular weight is 1640 g/mol. The van der Waals surface area contributed by atoms with Crippen molar-refractivity contribution in [1.82, 2.24) is 58.1 Å². The first-order valence-electron chi connectivity index (χ1n) is 40.4. The van der Waals surface area contributed by atoms with E-state index in [9.17, 15) is 13.7 Å². The van der Waals surface area contributed by atoms with Gasteiger partial charge in [0.25, 0.3) is 0 Å². The maximum absolute atomic E-state index is 14.7. The van der Waals surface area contributed by atoms with Gasteiger partial charge in [-0.3, -0.25) is 13.2 Å². The molecule has 18 heteroatoms. The monoisotopic (exact) mass is 1640 g/mol. The number of aromatic nitrogens is 12. The first kappa shape index (κ1) is 74.0. The number of benzene rings is 15. The number of hydrogen-bond acceptors (Lipinski definition) is 12. The minimum Gasteiger partial charge on any atom is -0.309 e. The molecule has 0 bridgehead atoms. The van der Waals surface area contributed by atoms with Crippen LogP contribution in [0.3, 0.4) is 0 Å². The van der Waals surface area contributed by atoms with E-state index in [0.29, 0.717) is 33.4 Å². The van der Waals surface area contributed by atoms with Gasteiger partial charge in [-0.15, -0.1) is 0 Å². The van der Waals surface area contributed by atoms with Crippen LogP contribution in [0.25, 0.3) is 149 Å². The van der Waals surface area contributed by atoms with Crippen LogP contribution in [0.5, 0.6) is 0 Å². The third kappa shape index (κ3) is 12.5. The van der Waals surface area contributed by atoms with E-state index >= 15 is 0 Å². The van der Waals surface area contributed by atoms with Crippen LogP contribution >= 0.6 is 21.4 Å². The van der Waals surface area contributed by atoms with Crippen molar-refractivity contribution in [3.63, 3.8) is 0 Å².